The van der Waals surface area contributed by atoms with E-state index in [0.717, 1.165) is 32.2 Å². The van der Waals surface area contributed by atoms with Gasteiger partial charge in [-0.25, -0.2) is 0 Å². The fraction of sp³-hybridized carbons (Fsp3) is 0.846. The Hall–Kier alpha value is -1.14. The first-order valence-corrected chi connectivity index (χ1v) is 7.04. The van der Waals surface area contributed by atoms with Crippen molar-refractivity contribution in [3.8, 4) is 0 Å². The normalized spacial score (nSPS) is 28.6. The van der Waals surface area contributed by atoms with E-state index >= 15 is 0 Å². The number of carbonyl (C=O) groups is 2. The van der Waals surface area contributed by atoms with Gasteiger partial charge in [0.1, 0.15) is 0 Å². The van der Waals surface area contributed by atoms with Gasteiger partial charge in [-0.2, -0.15) is 0 Å². The number of carbonyl (C=O) groups excluding carboxylic acids is 2. The van der Waals surface area contributed by atoms with Gasteiger partial charge in [-0.1, -0.05) is 0 Å². The molecule has 0 radical (unpaired) electrons. The summed E-state index contributed by atoms with van der Waals surface area (Å²) in [5.41, 5.74) is 5.32. The molecule has 6 nitrogen and oxygen atoms in total. The molecule has 0 saturated carbocycles. The van der Waals surface area contributed by atoms with Crippen molar-refractivity contribution in [1.82, 2.24) is 9.80 Å². The fourth-order valence-corrected chi connectivity index (χ4v) is 3.02. The molecule has 2 aliphatic rings. The molecular weight excluding hydrogens is 246 g/mol. The number of primary amides is 1. The molecule has 2 saturated heterocycles. The minimum atomic E-state index is -0.313. The van der Waals surface area contributed by atoms with Gasteiger partial charge in [0.25, 0.3) is 0 Å². The molecule has 19 heavy (non-hydrogen) atoms. The Kier molecular flexibility index (Phi) is 4.76. The lowest BCUT2D eigenvalue weighted by atomic mass is 9.97. The molecule has 6 heteroatoms. The van der Waals surface area contributed by atoms with Crippen molar-refractivity contribution >= 4 is 11.8 Å². The van der Waals surface area contributed by atoms with Crippen molar-refractivity contribution < 1.29 is 14.7 Å². The van der Waals surface area contributed by atoms with Crippen LogP contribution >= 0.6 is 0 Å². The Labute approximate surface area is 113 Å². The van der Waals surface area contributed by atoms with E-state index in [4.69, 9.17) is 5.73 Å². The van der Waals surface area contributed by atoms with Crippen LogP contribution in [0.4, 0.5) is 0 Å². The molecule has 2 atom stereocenters. The number of hydrogen-bond donors (Lipinski definition) is 2. The second-order valence-electron chi connectivity index (χ2n) is 5.53. The number of nitrogens with zero attached hydrogens (tertiary/aromatic N) is 2. The molecule has 0 aromatic heterocycles. The largest absolute Gasteiger partial charge is 0.395 e. The number of rotatable bonds is 4. The zero-order valence-corrected chi connectivity index (χ0v) is 11.3. The second-order valence-corrected chi connectivity index (χ2v) is 5.53. The van der Waals surface area contributed by atoms with E-state index in [2.05, 4.69) is 0 Å². The monoisotopic (exact) mass is 269 g/mol. The zero-order chi connectivity index (χ0) is 13.8. The molecule has 0 bridgehead atoms. The van der Waals surface area contributed by atoms with E-state index in [-0.39, 0.29) is 30.4 Å². The van der Waals surface area contributed by atoms with Gasteiger partial charge in [-0.05, 0) is 32.2 Å². The van der Waals surface area contributed by atoms with Crippen molar-refractivity contribution in [1.29, 1.82) is 0 Å². The Balaban J connectivity index is 1.87. The summed E-state index contributed by atoms with van der Waals surface area (Å²) in [6.45, 7) is 2.48. The van der Waals surface area contributed by atoms with Gasteiger partial charge < -0.3 is 15.7 Å². The van der Waals surface area contributed by atoms with Gasteiger partial charge in [-0.3, -0.25) is 14.5 Å². The van der Waals surface area contributed by atoms with Crippen LogP contribution in [-0.4, -0.2) is 65.5 Å². The number of amides is 2. The van der Waals surface area contributed by atoms with Crippen LogP contribution in [0.15, 0.2) is 0 Å². The van der Waals surface area contributed by atoms with E-state index in [1.807, 2.05) is 4.90 Å². The minimum Gasteiger partial charge on any atom is -0.395 e. The third-order valence-corrected chi connectivity index (χ3v) is 4.22. The van der Waals surface area contributed by atoms with Crippen LogP contribution < -0.4 is 5.73 Å². The predicted molar refractivity (Wildman–Crippen MR) is 70.2 cm³/mol. The maximum absolute atomic E-state index is 12.2. The summed E-state index contributed by atoms with van der Waals surface area (Å²) in [6.07, 6.45) is 3.60. The van der Waals surface area contributed by atoms with Crippen molar-refractivity contribution in [2.75, 3.05) is 32.8 Å². The lowest BCUT2D eigenvalue weighted by Gasteiger charge is -2.33. The Morgan fingerprint density at radius 1 is 1.21 bits per heavy atom. The number of aliphatic hydroxyl groups is 1. The predicted octanol–water partition coefficient (Wildman–Crippen LogP) is -0.833. The van der Waals surface area contributed by atoms with E-state index in [0.29, 0.717) is 19.6 Å². The third kappa shape index (κ3) is 3.45. The van der Waals surface area contributed by atoms with E-state index < -0.39 is 0 Å². The fourth-order valence-electron chi connectivity index (χ4n) is 3.02. The summed E-state index contributed by atoms with van der Waals surface area (Å²) < 4.78 is 0. The molecule has 0 aromatic carbocycles. The van der Waals surface area contributed by atoms with Crippen LogP contribution in [0, 0.1) is 5.92 Å². The van der Waals surface area contributed by atoms with E-state index in [9.17, 15) is 14.7 Å². The molecule has 0 aliphatic carbocycles. The van der Waals surface area contributed by atoms with Gasteiger partial charge in [0.2, 0.25) is 11.8 Å². The summed E-state index contributed by atoms with van der Waals surface area (Å²) >= 11 is 0. The van der Waals surface area contributed by atoms with Crippen LogP contribution in [0.5, 0.6) is 0 Å². The highest BCUT2D eigenvalue weighted by Crippen LogP contribution is 2.19. The zero-order valence-electron chi connectivity index (χ0n) is 11.3. The highest BCUT2D eigenvalue weighted by Gasteiger charge is 2.30. The molecule has 0 aromatic rings. The van der Waals surface area contributed by atoms with Crippen molar-refractivity contribution in [3.05, 3.63) is 0 Å². The lowest BCUT2D eigenvalue weighted by Crippen LogP contribution is -2.48. The first-order valence-electron chi connectivity index (χ1n) is 7.04. The van der Waals surface area contributed by atoms with Crippen molar-refractivity contribution in [3.63, 3.8) is 0 Å². The molecule has 2 amide bonds. The molecule has 2 aliphatic heterocycles. The van der Waals surface area contributed by atoms with Crippen molar-refractivity contribution in [2.24, 2.45) is 11.7 Å². The Morgan fingerprint density at radius 2 is 1.95 bits per heavy atom. The van der Waals surface area contributed by atoms with Gasteiger partial charge in [-0.15, -0.1) is 0 Å². The standard InChI is InChI=1S/C13H23N3O3/c14-13(19)10-3-1-6-16(7-10)12(18)8-15-5-2-4-11(15)9-17/h10-11,17H,1-9H2,(H2,14,19)/t10?,11-/m1/s1. The summed E-state index contributed by atoms with van der Waals surface area (Å²) in [7, 11) is 0. The highest BCUT2D eigenvalue weighted by molar-refractivity contribution is 5.81. The SMILES string of the molecule is NC(=O)C1CCCN(C(=O)CN2CCC[C@@H]2CO)C1. The lowest BCUT2D eigenvalue weighted by molar-refractivity contribution is -0.136. The summed E-state index contributed by atoms with van der Waals surface area (Å²) in [4.78, 5) is 27.2. The Bertz CT molecular complexity index is 348. The number of likely N-dealkylation sites (tertiary alicyclic amines) is 2. The minimum absolute atomic E-state index is 0.0475. The molecule has 3 N–H and O–H groups in total. The quantitative estimate of drug-likeness (QED) is 0.697. The third-order valence-electron chi connectivity index (χ3n) is 4.22. The smallest absolute Gasteiger partial charge is 0.236 e. The van der Waals surface area contributed by atoms with Crippen LogP contribution in [-0.2, 0) is 9.59 Å². The van der Waals surface area contributed by atoms with E-state index in [1.165, 1.54) is 0 Å². The molecule has 2 heterocycles. The second kappa shape index (κ2) is 6.34. The van der Waals surface area contributed by atoms with Crippen LogP contribution in [0.25, 0.3) is 0 Å². The first-order chi connectivity index (χ1) is 9.11. The highest BCUT2D eigenvalue weighted by atomic mass is 16.3. The first kappa shape index (κ1) is 14.3. The van der Waals surface area contributed by atoms with Gasteiger partial charge in [0.05, 0.1) is 19.1 Å². The van der Waals surface area contributed by atoms with Crippen LogP contribution in [0.1, 0.15) is 25.7 Å². The molecule has 2 rings (SSSR count). The average Bonchev–Trinajstić information content (AvgIpc) is 2.86. The topological polar surface area (TPSA) is 86.9 Å². The van der Waals surface area contributed by atoms with E-state index in [1.54, 1.807) is 4.90 Å². The van der Waals surface area contributed by atoms with Gasteiger partial charge >= 0.3 is 0 Å². The number of nitrogens with two attached hydrogens (primary N) is 1. The summed E-state index contributed by atoms with van der Waals surface area (Å²) in [6, 6.07) is 0.112. The molecule has 2 fully saturated rings. The van der Waals surface area contributed by atoms with Crippen LogP contribution in [0.2, 0.25) is 0 Å². The van der Waals surface area contributed by atoms with Gasteiger partial charge in [0.15, 0.2) is 0 Å². The number of piperidine rings is 1. The Morgan fingerprint density at radius 3 is 2.63 bits per heavy atom. The molecule has 1 unspecified atom stereocenters. The molecular formula is C13H23N3O3. The number of aliphatic hydroxyl groups excluding tert-OH is 1. The maximum Gasteiger partial charge on any atom is 0.236 e. The molecule has 0 spiro atoms. The maximum atomic E-state index is 12.2. The van der Waals surface area contributed by atoms with Gasteiger partial charge in [0, 0.05) is 19.1 Å². The number of hydrogen-bond acceptors (Lipinski definition) is 4. The molecule has 108 valence electrons. The average molecular weight is 269 g/mol. The summed E-state index contributed by atoms with van der Waals surface area (Å²) in [5.74, 6) is -0.469. The van der Waals surface area contributed by atoms with Crippen molar-refractivity contribution in [2.45, 2.75) is 31.7 Å². The summed E-state index contributed by atoms with van der Waals surface area (Å²) in [5, 5.41) is 9.25. The van der Waals surface area contributed by atoms with Crippen LogP contribution in [0.3, 0.4) is 0 Å².